The van der Waals surface area contributed by atoms with Gasteiger partial charge in [0.05, 0.1) is 7.11 Å². The van der Waals surface area contributed by atoms with E-state index in [2.05, 4.69) is 31.0 Å². The number of carbonyl (C=O) groups excluding carboxylic acids is 1. The standard InChI is InChI=1S/C15H30N2O2/c1-5-8-17-9-6-13(7-10-17)16-14(11-12(2)3)15(18)19-4/h12-14,16H,5-11H2,1-4H3. The first kappa shape index (κ1) is 16.4. The molecular weight excluding hydrogens is 240 g/mol. The predicted octanol–water partition coefficient (Wildman–Crippen LogP) is 2.04. The van der Waals surface area contributed by atoms with E-state index in [1.807, 2.05) is 0 Å². The highest BCUT2D eigenvalue weighted by Gasteiger charge is 2.26. The maximum atomic E-state index is 11.8. The second-order valence-electron chi connectivity index (χ2n) is 5.99. The SMILES string of the molecule is CCCN1CCC(NC(CC(C)C)C(=O)OC)CC1. The molecule has 1 aliphatic rings. The van der Waals surface area contributed by atoms with E-state index in [9.17, 15) is 4.79 Å². The topological polar surface area (TPSA) is 41.6 Å². The van der Waals surface area contributed by atoms with E-state index in [1.54, 1.807) is 0 Å². The molecule has 112 valence electrons. The monoisotopic (exact) mass is 270 g/mol. The van der Waals surface area contributed by atoms with Gasteiger partial charge in [0.2, 0.25) is 0 Å². The van der Waals surface area contributed by atoms with Crippen molar-refractivity contribution >= 4 is 5.97 Å². The van der Waals surface area contributed by atoms with Crippen LogP contribution in [0.4, 0.5) is 0 Å². The van der Waals surface area contributed by atoms with Gasteiger partial charge in [-0.3, -0.25) is 4.79 Å². The van der Waals surface area contributed by atoms with Crippen molar-refractivity contribution in [2.24, 2.45) is 5.92 Å². The lowest BCUT2D eigenvalue weighted by Gasteiger charge is -2.34. The van der Waals surface area contributed by atoms with Crippen molar-refractivity contribution < 1.29 is 9.53 Å². The lowest BCUT2D eigenvalue weighted by Crippen LogP contribution is -2.49. The van der Waals surface area contributed by atoms with E-state index in [0.29, 0.717) is 12.0 Å². The first-order valence-corrected chi connectivity index (χ1v) is 7.63. The van der Waals surface area contributed by atoms with Crippen LogP contribution >= 0.6 is 0 Å². The van der Waals surface area contributed by atoms with E-state index in [-0.39, 0.29) is 12.0 Å². The molecule has 0 radical (unpaired) electrons. The molecule has 1 rings (SSSR count). The molecule has 4 nitrogen and oxygen atoms in total. The third-order valence-electron chi connectivity index (χ3n) is 3.76. The molecular formula is C15H30N2O2. The molecule has 1 aliphatic heterocycles. The van der Waals surface area contributed by atoms with Gasteiger partial charge in [-0.05, 0) is 51.2 Å². The summed E-state index contributed by atoms with van der Waals surface area (Å²) in [6.07, 6.45) is 4.33. The number of methoxy groups -OCH3 is 1. The number of nitrogens with zero attached hydrogens (tertiary/aromatic N) is 1. The second-order valence-corrected chi connectivity index (χ2v) is 5.99. The van der Waals surface area contributed by atoms with Gasteiger partial charge in [-0.2, -0.15) is 0 Å². The van der Waals surface area contributed by atoms with Gasteiger partial charge < -0.3 is 15.0 Å². The lowest BCUT2D eigenvalue weighted by atomic mass is 9.99. The maximum absolute atomic E-state index is 11.8. The number of esters is 1. The second kappa shape index (κ2) is 8.54. The van der Waals surface area contributed by atoms with Gasteiger partial charge in [0.1, 0.15) is 6.04 Å². The van der Waals surface area contributed by atoms with Crippen LogP contribution in [-0.2, 0) is 9.53 Å². The highest BCUT2D eigenvalue weighted by atomic mass is 16.5. The van der Waals surface area contributed by atoms with Crippen molar-refractivity contribution in [3.8, 4) is 0 Å². The summed E-state index contributed by atoms with van der Waals surface area (Å²) in [6, 6.07) is 0.309. The minimum Gasteiger partial charge on any atom is -0.468 e. The Bertz CT molecular complexity index is 261. The number of hydrogen-bond acceptors (Lipinski definition) is 4. The van der Waals surface area contributed by atoms with Crippen LogP contribution < -0.4 is 5.32 Å². The van der Waals surface area contributed by atoms with Crippen LogP contribution in [0.25, 0.3) is 0 Å². The summed E-state index contributed by atoms with van der Waals surface area (Å²) in [5, 5.41) is 3.50. The number of carbonyl (C=O) groups is 1. The fourth-order valence-electron chi connectivity index (χ4n) is 2.77. The summed E-state index contributed by atoms with van der Waals surface area (Å²) >= 11 is 0. The minimum atomic E-state index is -0.146. The quantitative estimate of drug-likeness (QED) is 0.719. The van der Waals surface area contributed by atoms with E-state index >= 15 is 0 Å². The summed E-state index contributed by atoms with van der Waals surface area (Å²) in [6.45, 7) is 9.98. The first-order chi connectivity index (χ1) is 9.06. The Morgan fingerprint density at radius 3 is 2.47 bits per heavy atom. The molecule has 4 heteroatoms. The van der Waals surface area contributed by atoms with Crippen molar-refractivity contribution in [3.63, 3.8) is 0 Å². The molecule has 0 spiro atoms. The zero-order valence-electron chi connectivity index (χ0n) is 12.9. The third-order valence-corrected chi connectivity index (χ3v) is 3.76. The Morgan fingerprint density at radius 2 is 2.00 bits per heavy atom. The summed E-state index contributed by atoms with van der Waals surface area (Å²) in [4.78, 5) is 14.3. The first-order valence-electron chi connectivity index (χ1n) is 7.63. The van der Waals surface area contributed by atoms with Crippen LogP contribution in [0.3, 0.4) is 0 Å². The smallest absolute Gasteiger partial charge is 0.322 e. The van der Waals surface area contributed by atoms with Crippen molar-refractivity contribution in [3.05, 3.63) is 0 Å². The van der Waals surface area contributed by atoms with Crippen LogP contribution in [-0.4, -0.2) is 49.7 Å². The number of ether oxygens (including phenoxy) is 1. The van der Waals surface area contributed by atoms with Crippen LogP contribution in [0, 0.1) is 5.92 Å². The van der Waals surface area contributed by atoms with Crippen molar-refractivity contribution in [1.82, 2.24) is 10.2 Å². The summed E-state index contributed by atoms with van der Waals surface area (Å²) < 4.78 is 4.90. The molecule has 0 aromatic carbocycles. The van der Waals surface area contributed by atoms with Crippen LogP contribution in [0.15, 0.2) is 0 Å². The lowest BCUT2D eigenvalue weighted by molar-refractivity contribution is -0.143. The summed E-state index contributed by atoms with van der Waals surface area (Å²) in [7, 11) is 1.47. The normalized spacial score (nSPS) is 19.6. The van der Waals surface area contributed by atoms with Crippen molar-refractivity contribution in [2.75, 3.05) is 26.7 Å². The largest absolute Gasteiger partial charge is 0.468 e. The average molecular weight is 270 g/mol. The highest BCUT2D eigenvalue weighted by Crippen LogP contribution is 2.14. The van der Waals surface area contributed by atoms with Gasteiger partial charge in [-0.25, -0.2) is 0 Å². The van der Waals surface area contributed by atoms with E-state index in [4.69, 9.17) is 4.74 Å². The van der Waals surface area contributed by atoms with Gasteiger partial charge in [0.25, 0.3) is 0 Å². The molecule has 19 heavy (non-hydrogen) atoms. The van der Waals surface area contributed by atoms with Gasteiger partial charge in [-0.1, -0.05) is 20.8 Å². The number of nitrogens with one attached hydrogen (secondary N) is 1. The molecule has 1 unspecified atom stereocenters. The summed E-state index contributed by atoms with van der Waals surface area (Å²) in [5.41, 5.74) is 0. The molecule has 0 saturated carbocycles. The van der Waals surface area contributed by atoms with E-state index in [1.165, 1.54) is 20.1 Å². The Labute approximate surface area is 117 Å². The van der Waals surface area contributed by atoms with Gasteiger partial charge in [0, 0.05) is 6.04 Å². The third kappa shape index (κ3) is 5.91. The molecule has 0 bridgehead atoms. The Hall–Kier alpha value is -0.610. The van der Waals surface area contributed by atoms with E-state index in [0.717, 1.165) is 32.4 Å². The Kier molecular flexibility index (Phi) is 7.39. The van der Waals surface area contributed by atoms with Gasteiger partial charge in [-0.15, -0.1) is 0 Å². The molecule has 1 atom stereocenters. The maximum Gasteiger partial charge on any atom is 0.322 e. The molecule has 1 N–H and O–H groups in total. The molecule has 0 aromatic rings. The zero-order chi connectivity index (χ0) is 14.3. The Morgan fingerprint density at radius 1 is 1.37 bits per heavy atom. The van der Waals surface area contributed by atoms with Crippen molar-refractivity contribution in [1.29, 1.82) is 0 Å². The van der Waals surface area contributed by atoms with Gasteiger partial charge in [0.15, 0.2) is 0 Å². The Balaban J connectivity index is 2.40. The van der Waals surface area contributed by atoms with E-state index < -0.39 is 0 Å². The minimum absolute atomic E-state index is 0.121. The highest BCUT2D eigenvalue weighted by molar-refractivity contribution is 5.75. The molecule has 0 aromatic heterocycles. The van der Waals surface area contributed by atoms with Gasteiger partial charge >= 0.3 is 5.97 Å². The predicted molar refractivity (Wildman–Crippen MR) is 78.1 cm³/mol. The number of piperidine rings is 1. The fourth-order valence-corrected chi connectivity index (χ4v) is 2.77. The molecule has 0 amide bonds. The number of hydrogen-bond donors (Lipinski definition) is 1. The molecule has 1 saturated heterocycles. The molecule has 1 heterocycles. The number of rotatable bonds is 7. The summed E-state index contributed by atoms with van der Waals surface area (Å²) in [5.74, 6) is 0.376. The fraction of sp³-hybridized carbons (Fsp3) is 0.933. The van der Waals surface area contributed by atoms with Crippen molar-refractivity contribution in [2.45, 2.75) is 58.5 Å². The van der Waals surface area contributed by atoms with Crippen LogP contribution in [0.2, 0.25) is 0 Å². The van der Waals surface area contributed by atoms with Crippen LogP contribution in [0.1, 0.15) is 46.5 Å². The zero-order valence-corrected chi connectivity index (χ0v) is 12.9. The van der Waals surface area contributed by atoms with Crippen LogP contribution in [0.5, 0.6) is 0 Å². The average Bonchev–Trinajstić information content (AvgIpc) is 2.39. The molecule has 1 fully saturated rings. The number of likely N-dealkylation sites (tertiary alicyclic amines) is 1. The molecule has 0 aliphatic carbocycles.